The highest BCUT2D eigenvalue weighted by Gasteiger charge is 2.31. The normalized spacial score (nSPS) is 12.6. The van der Waals surface area contributed by atoms with E-state index in [-0.39, 0.29) is 5.97 Å². The zero-order chi connectivity index (χ0) is 23.3. The van der Waals surface area contributed by atoms with Crippen molar-refractivity contribution in [2.24, 2.45) is 5.92 Å². The van der Waals surface area contributed by atoms with Crippen LogP contribution in [0.15, 0.2) is 59.9 Å². The van der Waals surface area contributed by atoms with Gasteiger partial charge in [-0.2, -0.15) is 0 Å². The second kappa shape index (κ2) is 13.2. The van der Waals surface area contributed by atoms with Crippen LogP contribution < -0.4 is 5.32 Å². The molecule has 1 fully saturated rings. The number of benzene rings is 2. The first kappa shape index (κ1) is 25.0. The van der Waals surface area contributed by atoms with E-state index >= 15 is 0 Å². The van der Waals surface area contributed by atoms with E-state index in [4.69, 9.17) is 14.2 Å². The van der Waals surface area contributed by atoms with Crippen molar-refractivity contribution >= 4 is 18.1 Å². The number of esters is 1. The molecule has 0 saturated heterocycles. The molecule has 1 saturated carbocycles. The molecule has 6 nitrogen and oxygen atoms in total. The molecule has 0 heterocycles. The highest BCUT2D eigenvalue weighted by atomic mass is 16.5. The molecule has 32 heavy (non-hydrogen) atoms. The van der Waals surface area contributed by atoms with Crippen LogP contribution in [-0.4, -0.2) is 40.3 Å². The maximum Gasteiger partial charge on any atom is 0.316 e. The second-order valence-corrected chi connectivity index (χ2v) is 7.60. The summed E-state index contributed by atoms with van der Waals surface area (Å²) in [6, 6.07) is 16.2. The fourth-order valence-corrected chi connectivity index (χ4v) is 3.36. The van der Waals surface area contributed by atoms with Crippen molar-refractivity contribution in [2.45, 2.75) is 32.6 Å². The molecule has 0 aliphatic heterocycles. The molecule has 172 valence electrons. The SMILES string of the molecule is CNc1ccc(C)cc1.COC(=O)C(Cc1cccc(CCOC=O)c1)C(OC)=C1CC1. The number of ether oxygens (including phenoxy) is 3. The summed E-state index contributed by atoms with van der Waals surface area (Å²) in [5.41, 5.74) is 5.75. The van der Waals surface area contributed by atoms with Gasteiger partial charge >= 0.3 is 5.97 Å². The van der Waals surface area contributed by atoms with Crippen LogP contribution in [0.5, 0.6) is 0 Å². The Morgan fingerprint density at radius 3 is 2.31 bits per heavy atom. The Hall–Kier alpha value is -3.28. The number of nitrogens with one attached hydrogen (secondary N) is 1. The number of carbonyl (C=O) groups excluding carboxylic acids is 2. The number of hydrogen-bond acceptors (Lipinski definition) is 6. The van der Waals surface area contributed by atoms with Crippen molar-refractivity contribution in [1.82, 2.24) is 0 Å². The molecule has 3 rings (SSSR count). The van der Waals surface area contributed by atoms with Gasteiger partial charge in [-0.15, -0.1) is 0 Å². The summed E-state index contributed by atoms with van der Waals surface area (Å²) in [7, 11) is 4.92. The molecule has 0 radical (unpaired) electrons. The third kappa shape index (κ3) is 8.10. The van der Waals surface area contributed by atoms with Crippen molar-refractivity contribution in [3.63, 3.8) is 0 Å². The largest absolute Gasteiger partial charge is 0.500 e. The summed E-state index contributed by atoms with van der Waals surface area (Å²) in [4.78, 5) is 22.4. The number of aryl methyl sites for hydroxylation is 1. The fourth-order valence-electron chi connectivity index (χ4n) is 3.36. The van der Waals surface area contributed by atoms with Crippen LogP contribution in [0, 0.1) is 12.8 Å². The molecule has 0 aromatic heterocycles. The number of carbonyl (C=O) groups is 2. The molecule has 2 aromatic carbocycles. The van der Waals surface area contributed by atoms with E-state index < -0.39 is 5.92 Å². The lowest BCUT2D eigenvalue weighted by molar-refractivity contribution is -0.145. The highest BCUT2D eigenvalue weighted by Crippen LogP contribution is 2.36. The van der Waals surface area contributed by atoms with E-state index in [1.165, 1.54) is 23.9 Å². The third-order valence-corrected chi connectivity index (χ3v) is 5.22. The first-order valence-corrected chi connectivity index (χ1v) is 10.7. The number of allylic oxidation sites excluding steroid dienone is 1. The minimum atomic E-state index is -0.413. The van der Waals surface area contributed by atoms with Crippen molar-refractivity contribution in [3.05, 3.63) is 76.6 Å². The maximum atomic E-state index is 12.1. The van der Waals surface area contributed by atoms with E-state index in [1.54, 1.807) is 7.11 Å². The van der Waals surface area contributed by atoms with Crippen LogP contribution >= 0.6 is 0 Å². The fraction of sp³-hybridized carbons (Fsp3) is 0.385. The number of hydrogen-bond donors (Lipinski definition) is 1. The van der Waals surface area contributed by atoms with Gasteiger partial charge in [0.05, 0.1) is 20.8 Å². The van der Waals surface area contributed by atoms with Gasteiger partial charge in [0.1, 0.15) is 11.7 Å². The lowest BCUT2D eigenvalue weighted by Gasteiger charge is -2.18. The monoisotopic (exact) mass is 439 g/mol. The van der Waals surface area contributed by atoms with Crippen LogP contribution in [0.4, 0.5) is 5.69 Å². The molecule has 1 aliphatic rings. The second-order valence-electron chi connectivity index (χ2n) is 7.60. The summed E-state index contributed by atoms with van der Waals surface area (Å²) in [5, 5.41) is 3.05. The topological polar surface area (TPSA) is 73.9 Å². The van der Waals surface area contributed by atoms with Crippen molar-refractivity contribution < 1.29 is 23.8 Å². The summed E-state index contributed by atoms with van der Waals surface area (Å²) in [5.74, 6) is 0.0476. The Labute approximate surface area is 190 Å². The lowest BCUT2D eigenvalue weighted by atomic mass is 9.95. The zero-order valence-electron chi connectivity index (χ0n) is 19.4. The van der Waals surface area contributed by atoms with Gasteiger partial charge in [-0.05, 0) is 55.0 Å². The average molecular weight is 440 g/mol. The van der Waals surface area contributed by atoms with Crippen LogP contribution in [0.2, 0.25) is 0 Å². The quantitative estimate of drug-likeness (QED) is 0.255. The highest BCUT2D eigenvalue weighted by molar-refractivity contribution is 5.76. The van der Waals surface area contributed by atoms with Gasteiger partial charge < -0.3 is 19.5 Å². The van der Waals surface area contributed by atoms with Crippen molar-refractivity contribution in [3.8, 4) is 0 Å². The van der Waals surface area contributed by atoms with E-state index in [0.29, 0.717) is 25.9 Å². The Morgan fingerprint density at radius 2 is 1.75 bits per heavy atom. The Bertz CT molecular complexity index is 899. The standard InChI is InChI=1S/C18H22O5.C8H11N/c1-21-17(15-6-7-15)16(18(20)22-2)11-14-5-3-4-13(10-14)8-9-23-12-19;1-7-3-5-8(9-2)6-4-7/h3-5,10,12,16H,6-9,11H2,1-2H3;3-6,9H,1-2H3. The summed E-state index contributed by atoms with van der Waals surface area (Å²) < 4.78 is 15.1. The first-order valence-electron chi connectivity index (χ1n) is 10.7. The van der Waals surface area contributed by atoms with Gasteiger partial charge in [0.25, 0.3) is 6.47 Å². The Kier molecular flexibility index (Phi) is 10.3. The number of anilines is 1. The van der Waals surface area contributed by atoms with E-state index in [9.17, 15) is 9.59 Å². The zero-order valence-corrected chi connectivity index (χ0v) is 19.4. The maximum absolute atomic E-state index is 12.1. The van der Waals surface area contributed by atoms with Crippen LogP contribution in [0.3, 0.4) is 0 Å². The van der Waals surface area contributed by atoms with Crippen LogP contribution in [0.1, 0.15) is 29.5 Å². The Morgan fingerprint density at radius 1 is 1.06 bits per heavy atom. The van der Waals surface area contributed by atoms with Crippen LogP contribution in [0.25, 0.3) is 0 Å². The molecule has 0 amide bonds. The van der Waals surface area contributed by atoms with Crippen LogP contribution in [-0.2, 0) is 36.6 Å². The van der Waals surface area contributed by atoms with E-state index in [0.717, 1.165) is 29.7 Å². The van der Waals surface area contributed by atoms with Crippen molar-refractivity contribution in [2.75, 3.05) is 33.2 Å². The lowest BCUT2D eigenvalue weighted by Crippen LogP contribution is -2.22. The molecule has 0 spiro atoms. The molecule has 1 aliphatic carbocycles. The van der Waals surface area contributed by atoms with Crippen molar-refractivity contribution in [1.29, 1.82) is 0 Å². The molecule has 1 N–H and O–H groups in total. The molecule has 6 heteroatoms. The van der Waals surface area contributed by atoms with Gasteiger partial charge in [-0.25, -0.2) is 0 Å². The predicted molar refractivity (Wildman–Crippen MR) is 125 cm³/mol. The molecular formula is C26H33NO5. The summed E-state index contributed by atoms with van der Waals surface area (Å²) in [6.07, 6.45) is 3.15. The molecule has 2 aromatic rings. The van der Waals surface area contributed by atoms with Gasteiger partial charge in [0, 0.05) is 19.2 Å². The van der Waals surface area contributed by atoms with E-state index in [1.807, 2.05) is 31.3 Å². The number of rotatable bonds is 10. The minimum Gasteiger partial charge on any atom is -0.500 e. The summed E-state index contributed by atoms with van der Waals surface area (Å²) in [6.45, 7) is 2.88. The third-order valence-electron chi connectivity index (χ3n) is 5.22. The predicted octanol–water partition coefficient (Wildman–Crippen LogP) is 4.46. The Balaban J connectivity index is 0.000000336. The molecule has 0 bridgehead atoms. The summed E-state index contributed by atoms with van der Waals surface area (Å²) >= 11 is 0. The smallest absolute Gasteiger partial charge is 0.316 e. The first-order chi connectivity index (χ1) is 15.5. The molecule has 1 unspecified atom stereocenters. The number of methoxy groups -OCH3 is 2. The molecular weight excluding hydrogens is 406 g/mol. The van der Waals surface area contributed by atoms with Gasteiger partial charge in [0.15, 0.2) is 0 Å². The molecule has 1 atom stereocenters. The van der Waals surface area contributed by atoms with Gasteiger partial charge in [0.2, 0.25) is 0 Å². The van der Waals surface area contributed by atoms with E-state index in [2.05, 4.69) is 36.5 Å². The van der Waals surface area contributed by atoms with Gasteiger partial charge in [-0.3, -0.25) is 9.59 Å². The average Bonchev–Trinajstić information content (AvgIpc) is 3.65. The minimum absolute atomic E-state index is 0.282. The van der Waals surface area contributed by atoms with Gasteiger partial charge in [-0.1, -0.05) is 42.0 Å².